The molecular formula is C39H44ClN3O6. The smallest absolute Gasteiger partial charge is 0.335 e. The van der Waals surface area contributed by atoms with E-state index in [0.29, 0.717) is 11.8 Å². The minimum absolute atomic E-state index is 0.320. The number of pyridine rings is 1. The molecule has 2 aliphatic rings. The Hall–Kier alpha value is -4.38. The SMILES string of the molecule is CN(C)CCC(c1ccc(Cl)cc1)c1ccccn1.CN1CCC2=C(C1)C(c1ccccc1)c1ccccc12.O=C(O)C(O)C(O)C(=O)O. The van der Waals surface area contributed by atoms with E-state index in [9.17, 15) is 9.59 Å². The lowest BCUT2D eigenvalue weighted by Crippen LogP contribution is -2.39. The molecular weight excluding hydrogens is 642 g/mol. The normalized spacial score (nSPS) is 17.0. The summed E-state index contributed by atoms with van der Waals surface area (Å²) in [6.07, 6.45) is -0.443. The molecule has 0 saturated heterocycles. The van der Waals surface area contributed by atoms with Gasteiger partial charge in [0.1, 0.15) is 0 Å². The number of benzene rings is 3. The molecule has 3 aromatic carbocycles. The van der Waals surface area contributed by atoms with Crippen LogP contribution in [0.2, 0.25) is 5.02 Å². The van der Waals surface area contributed by atoms with Crippen LogP contribution < -0.4 is 0 Å². The van der Waals surface area contributed by atoms with Gasteiger partial charge < -0.3 is 30.2 Å². The molecule has 4 N–H and O–H groups in total. The van der Waals surface area contributed by atoms with Gasteiger partial charge in [-0.05, 0) is 98.2 Å². The summed E-state index contributed by atoms with van der Waals surface area (Å²) >= 11 is 5.97. The predicted octanol–water partition coefficient (Wildman–Crippen LogP) is 5.62. The van der Waals surface area contributed by atoms with E-state index in [0.717, 1.165) is 30.2 Å². The maximum Gasteiger partial charge on any atom is 0.335 e. The number of rotatable bonds is 9. The van der Waals surface area contributed by atoms with Gasteiger partial charge >= 0.3 is 11.9 Å². The van der Waals surface area contributed by atoms with Crippen LogP contribution in [0.15, 0.2) is 109 Å². The number of hydrogen-bond donors (Lipinski definition) is 4. The Morgan fingerprint density at radius 1 is 0.878 bits per heavy atom. The van der Waals surface area contributed by atoms with Crippen LogP contribution in [0.3, 0.4) is 0 Å². The first-order chi connectivity index (χ1) is 23.5. The van der Waals surface area contributed by atoms with E-state index in [4.69, 9.17) is 32.0 Å². The van der Waals surface area contributed by atoms with Gasteiger partial charge in [-0.15, -0.1) is 0 Å². The Kier molecular flexibility index (Phi) is 13.6. The molecule has 0 amide bonds. The summed E-state index contributed by atoms with van der Waals surface area (Å²) in [7, 11) is 6.42. The molecule has 0 saturated carbocycles. The van der Waals surface area contributed by atoms with Crippen molar-refractivity contribution in [1.29, 1.82) is 0 Å². The molecule has 258 valence electrons. The highest BCUT2D eigenvalue weighted by Crippen LogP contribution is 2.48. The summed E-state index contributed by atoms with van der Waals surface area (Å²) in [6, 6.07) is 34.1. The minimum atomic E-state index is -2.27. The molecule has 9 nitrogen and oxygen atoms in total. The molecule has 4 unspecified atom stereocenters. The van der Waals surface area contributed by atoms with Gasteiger partial charge in [-0.1, -0.05) is 84.4 Å². The van der Waals surface area contributed by atoms with Crippen LogP contribution in [0.5, 0.6) is 0 Å². The summed E-state index contributed by atoms with van der Waals surface area (Å²) in [4.78, 5) is 28.7. The number of carbonyl (C=O) groups is 2. The van der Waals surface area contributed by atoms with Crippen molar-refractivity contribution in [3.05, 3.63) is 142 Å². The standard InChI is InChI=1S/C19H19N.C16H19ClN2.C4H6O6/c1-20-12-11-16-15-9-5-6-10-17(15)19(18(16)13-20)14-7-3-2-4-8-14;1-19(2)12-10-15(16-5-3-4-11-18-16)13-6-8-14(17)9-7-13;5-1(3(7)8)2(6)4(9)10/h2-10,19H,11-13H2,1H3;3-9,11,15H,10,12H2,1-2H3;1-2,5-6H,(H,7,8)(H,9,10). The van der Waals surface area contributed by atoms with Crippen molar-refractivity contribution in [1.82, 2.24) is 14.8 Å². The number of likely N-dealkylation sites (N-methyl/N-ethyl adjacent to an activating group) is 1. The third-order valence-corrected chi connectivity index (χ3v) is 8.89. The number of carboxylic acids is 2. The van der Waals surface area contributed by atoms with Gasteiger partial charge in [0.15, 0.2) is 12.2 Å². The molecule has 49 heavy (non-hydrogen) atoms. The van der Waals surface area contributed by atoms with Crippen LogP contribution in [-0.4, -0.2) is 100 Å². The van der Waals surface area contributed by atoms with Crippen LogP contribution in [0.4, 0.5) is 0 Å². The second-order valence-electron chi connectivity index (χ2n) is 12.4. The molecule has 0 fully saturated rings. The predicted molar refractivity (Wildman–Crippen MR) is 192 cm³/mol. The van der Waals surface area contributed by atoms with Crippen LogP contribution in [-0.2, 0) is 9.59 Å². The van der Waals surface area contributed by atoms with Crippen molar-refractivity contribution >= 4 is 29.1 Å². The molecule has 0 bridgehead atoms. The monoisotopic (exact) mass is 685 g/mol. The Morgan fingerprint density at radius 3 is 2.08 bits per heavy atom. The number of aliphatic hydroxyl groups is 2. The molecule has 10 heteroatoms. The summed E-state index contributed by atoms with van der Waals surface area (Å²) < 4.78 is 0. The topological polar surface area (TPSA) is 134 Å². The number of nitrogens with zero attached hydrogens (tertiary/aromatic N) is 3. The van der Waals surface area contributed by atoms with Crippen molar-refractivity contribution in [2.24, 2.45) is 0 Å². The van der Waals surface area contributed by atoms with E-state index in [1.807, 2.05) is 30.5 Å². The Labute approximate surface area is 292 Å². The summed E-state index contributed by atoms with van der Waals surface area (Å²) in [5.74, 6) is -2.75. The van der Waals surface area contributed by atoms with Crippen molar-refractivity contribution in [2.45, 2.75) is 36.9 Å². The minimum Gasteiger partial charge on any atom is -0.479 e. The molecule has 4 atom stereocenters. The number of halogens is 1. The van der Waals surface area contributed by atoms with Gasteiger partial charge in [0.05, 0.1) is 0 Å². The molecule has 0 radical (unpaired) electrons. The summed E-state index contributed by atoms with van der Waals surface area (Å²) in [5, 5.41) is 33.3. The number of hydrogen-bond acceptors (Lipinski definition) is 7. The Bertz CT molecular complexity index is 1680. The molecule has 2 heterocycles. The maximum atomic E-state index is 9.77. The number of carboxylic acid groups (broad SMARTS) is 2. The first kappa shape index (κ1) is 37.4. The third kappa shape index (κ3) is 10.1. The van der Waals surface area contributed by atoms with Gasteiger partial charge in [0.2, 0.25) is 0 Å². The van der Waals surface area contributed by atoms with Gasteiger partial charge in [-0.25, -0.2) is 9.59 Å². The lowest BCUT2D eigenvalue weighted by molar-refractivity contribution is -0.165. The molecule has 0 spiro atoms. The zero-order valence-electron chi connectivity index (χ0n) is 28.0. The maximum absolute atomic E-state index is 9.77. The van der Waals surface area contributed by atoms with E-state index >= 15 is 0 Å². The van der Waals surface area contributed by atoms with Gasteiger partial charge in [0, 0.05) is 41.8 Å². The first-order valence-corrected chi connectivity index (χ1v) is 16.5. The zero-order chi connectivity index (χ0) is 35.5. The van der Waals surface area contributed by atoms with Gasteiger partial charge in [-0.3, -0.25) is 4.98 Å². The van der Waals surface area contributed by atoms with Crippen LogP contribution in [0.1, 0.15) is 52.6 Å². The van der Waals surface area contributed by atoms with E-state index < -0.39 is 24.1 Å². The van der Waals surface area contributed by atoms with Crippen molar-refractivity contribution in [3.63, 3.8) is 0 Å². The second-order valence-corrected chi connectivity index (χ2v) is 12.9. The van der Waals surface area contributed by atoms with Crippen LogP contribution in [0.25, 0.3) is 5.57 Å². The number of aliphatic carboxylic acids is 2. The highest BCUT2D eigenvalue weighted by atomic mass is 35.5. The van der Waals surface area contributed by atoms with Crippen molar-refractivity contribution < 1.29 is 30.0 Å². The molecule has 1 aromatic heterocycles. The van der Waals surface area contributed by atoms with Crippen molar-refractivity contribution in [3.8, 4) is 0 Å². The second kappa shape index (κ2) is 17.9. The lowest BCUT2D eigenvalue weighted by atomic mass is 9.87. The van der Waals surface area contributed by atoms with E-state index in [2.05, 4.69) is 109 Å². The Morgan fingerprint density at radius 2 is 1.49 bits per heavy atom. The van der Waals surface area contributed by atoms with Gasteiger partial charge in [-0.2, -0.15) is 0 Å². The molecule has 4 aromatic rings. The highest BCUT2D eigenvalue weighted by molar-refractivity contribution is 6.30. The fraction of sp³-hybridized carbons (Fsp3) is 0.308. The quantitative estimate of drug-likeness (QED) is 0.177. The number of fused-ring (bicyclic) bond motifs is 2. The average Bonchev–Trinajstić information content (AvgIpc) is 3.43. The average molecular weight is 686 g/mol. The third-order valence-electron chi connectivity index (χ3n) is 8.64. The highest BCUT2D eigenvalue weighted by Gasteiger charge is 2.34. The van der Waals surface area contributed by atoms with E-state index in [1.165, 1.54) is 35.2 Å². The van der Waals surface area contributed by atoms with E-state index in [1.54, 1.807) is 11.1 Å². The number of aliphatic hydroxyl groups excluding tert-OH is 2. The van der Waals surface area contributed by atoms with Gasteiger partial charge in [0.25, 0.3) is 0 Å². The fourth-order valence-corrected chi connectivity index (χ4v) is 6.29. The first-order valence-electron chi connectivity index (χ1n) is 16.2. The van der Waals surface area contributed by atoms with Crippen molar-refractivity contribution in [2.75, 3.05) is 40.8 Å². The summed E-state index contributed by atoms with van der Waals surface area (Å²) in [5.41, 5.74) is 10.0. The zero-order valence-corrected chi connectivity index (χ0v) is 28.7. The lowest BCUT2D eigenvalue weighted by Gasteiger charge is -2.27. The molecule has 1 aliphatic heterocycles. The fourth-order valence-electron chi connectivity index (χ4n) is 6.16. The largest absolute Gasteiger partial charge is 0.479 e. The Balaban J connectivity index is 0.000000176. The molecule has 6 rings (SSSR count). The van der Waals surface area contributed by atoms with Crippen LogP contribution in [0, 0.1) is 0 Å². The summed E-state index contributed by atoms with van der Waals surface area (Å²) in [6.45, 7) is 3.31. The van der Waals surface area contributed by atoms with E-state index in [-0.39, 0.29) is 0 Å². The van der Waals surface area contributed by atoms with Crippen LogP contribution >= 0.6 is 11.6 Å². The molecule has 1 aliphatic carbocycles. The number of aromatic nitrogens is 1.